The molecule has 12 aromatic carbocycles. The smallest absolute Gasteiger partial charge is 0.137 e. The molecular formula is C66H43NO. The van der Waals surface area contributed by atoms with Crippen LogP contribution in [-0.2, 0) is 0 Å². The van der Waals surface area contributed by atoms with E-state index in [0.717, 1.165) is 55.7 Å². The zero-order valence-corrected chi connectivity index (χ0v) is 37.2. The highest BCUT2D eigenvalue weighted by Crippen LogP contribution is 2.47. The van der Waals surface area contributed by atoms with Crippen molar-refractivity contribution in [1.29, 1.82) is 0 Å². The number of anilines is 3. The van der Waals surface area contributed by atoms with Crippen molar-refractivity contribution in [3.8, 4) is 55.6 Å². The maximum absolute atomic E-state index is 6.48. The highest BCUT2D eigenvalue weighted by molar-refractivity contribution is 6.22. The van der Waals surface area contributed by atoms with Crippen molar-refractivity contribution in [2.45, 2.75) is 0 Å². The van der Waals surface area contributed by atoms with Crippen molar-refractivity contribution >= 4 is 71.3 Å². The summed E-state index contributed by atoms with van der Waals surface area (Å²) in [5, 5.41) is 9.64. The first-order valence-corrected chi connectivity index (χ1v) is 23.3. The van der Waals surface area contributed by atoms with E-state index in [0.29, 0.717) is 0 Å². The van der Waals surface area contributed by atoms with Gasteiger partial charge in [0, 0.05) is 16.8 Å². The number of hydrogen-bond acceptors (Lipinski definition) is 2. The molecule has 0 fully saturated rings. The molecular weight excluding hydrogens is 823 g/mol. The van der Waals surface area contributed by atoms with Gasteiger partial charge >= 0.3 is 0 Å². The van der Waals surface area contributed by atoms with Gasteiger partial charge in [-0.05, 0) is 143 Å². The Hall–Kier alpha value is -8.98. The van der Waals surface area contributed by atoms with Gasteiger partial charge in [-0.15, -0.1) is 0 Å². The molecule has 0 radical (unpaired) electrons. The second kappa shape index (κ2) is 16.5. The summed E-state index contributed by atoms with van der Waals surface area (Å²) in [5.41, 5.74) is 16.8. The summed E-state index contributed by atoms with van der Waals surface area (Å²) in [6, 6.07) is 94.5. The molecule has 0 saturated carbocycles. The predicted molar refractivity (Wildman–Crippen MR) is 288 cm³/mol. The second-order valence-electron chi connectivity index (χ2n) is 17.6. The molecule has 0 atom stereocenters. The molecule has 0 spiro atoms. The second-order valence-corrected chi connectivity index (χ2v) is 17.6. The van der Waals surface area contributed by atoms with Crippen LogP contribution < -0.4 is 4.90 Å². The van der Waals surface area contributed by atoms with Gasteiger partial charge in [0.2, 0.25) is 0 Å². The molecule has 0 aliphatic carbocycles. The van der Waals surface area contributed by atoms with E-state index in [9.17, 15) is 0 Å². The van der Waals surface area contributed by atoms with Crippen molar-refractivity contribution in [1.82, 2.24) is 0 Å². The van der Waals surface area contributed by atoms with Crippen LogP contribution >= 0.6 is 0 Å². The molecule has 68 heavy (non-hydrogen) atoms. The third-order valence-electron chi connectivity index (χ3n) is 13.6. The molecule has 0 amide bonds. The Kier molecular flexibility index (Phi) is 9.54. The van der Waals surface area contributed by atoms with Crippen LogP contribution in [0.1, 0.15) is 0 Å². The maximum atomic E-state index is 6.48. The lowest BCUT2D eigenvalue weighted by molar-refractivity contribution is 0.669. The van der Waals surface area contributed by atoms with E-state index in [-0.39, 0.29) is 0 Å². The predicted octanol–water partition coefficient (Wildman–Crippen LogP) is 18.9. The minimum Gasteiger partial charge on any atom is -0.456 e. The van der Waals surface area contributed by atoms with Crippen LogP contribution in [0.4, 0.5) is 17.1 Å². The standard InChI is InChI=1S/C66H43NO/c1-3-16-48(17-4-1)64-58-24-10-9-23-56(58)57-40-37-53(43-60(57)65(64)49-18-5-2-6-19-49)51-21-13-22-55(42-51)67(61-26-14-28-63-66(61)59-25-11-12-27-62(59)68-63)54-38-35-46(36-39-54)45-29-31-47(32-30-45)52-34-33-44-15-7-8-20-50(44)41-52/h1-43H. The van der Waals surface area contributed by atoms with E-state index < -0.39 is 0 Å². The molecule has 2 nitrogen and oxygen atoms in total. The van der Waals surface area contributed by atoms with Gasteiger partial charge in [-0.2, -0.15) is 0 Å². The number of hydrogen-bond donors (Lipinski definition) is 0. The maximum Gasteiger partial charge on any atom is 0.137 e. The SMILES string of the molecule is c1ccc(-c2c(-c3ccccc3)c3cc(-c4cccc(N(c5ccc(-c6ccc(-c7ccc8ccccc8c7)cc6)cc5)c5cccc6oc7ccccc7c56)c4)ccc3c3ccccc23)cc1. The van der Waals surface area contributed by atoms with Crippen LogP contribution in [-0.4, -0.2) is 0 Å². The molecule has 1 aromatic heterocycles. The van der Waals surface area contributed by atoms with Crippen molar-refractivity contribution in [2.75, 3.05) is 4.90 Å². The van der Waals surface area contributed by atoms with Gasteiger partial charge in [0.1, 0.15) is 11.2 Å². The van der Waals surface area contributed by atoms with Crippen LogP contribution in [0.2, 0.25) is 0 Å². The lowest BCUT2D eigenvalue weighted by Crippen LogP contribution is -2.10. The molecule has 0 unspecified atom stereocenters. The summed E-state index contributed by atoms with van der Waals surface area (Å²) in [5.74, 6) is 0. The summed E-state index contributed by atoms with van der Waals surface area (Å²) >= 11 is 0. The van der Waals surface area contributed by atoms with E-state index in [1.54, 1.807) is 0 Å². The molecule has 13 aromatic rings. The highest BCUT2D eigenvalue weighted by atomic mass is 16.3. The Morgan fingerprint density at radius 3 is 1.50 bits per heavy atom. The van der Waals surface area contributed by atoms with Crippen molar-refractivity contribution in [2.24, 2.45) is 0 Å². The van der Waals surface area contributed by atoms with Gasteiger partial charge in [0.25, 0.3) is 0 Å². The lowest BCUT2D eigenvalue weighted by atomic mass is 9.84. The largest absolute Gasteiger partial charge is 0.456 e. The third-order valence-corrected chi connectivity index (χ3v) is 13.6. The van der Waals surface area contributed by atoms with E-state index in [4.69, 9.17) is 4.42 Å². The molecule has 0 aliphatic rings. The molecule has 0 bridgehead atoms. The Labute approximate surface area is 395 Å². The summed E-state index contributed by atoms with van der Waals surface area (Å²) in [6.45, 7) is 0. The van der Waals surface area contributed by atoms with Crippen molar-refractivity contribution in [3.05, 3.63) is 261 Å². The van der Waals surface area contributed by atoms with Crippen molar-refractivity contribution < 1.29 is 4.42 Å². The Morgan fingerprint density at radius 1 is 0.250 bits per heavy atom. The number of furan rings is 1. The quantitative estimate of drug-likeness (QED) is 0.142. The van der Waals surface area contributed by atoms with Gasteiger partial charge in [0.05, 0.1) is 11.1 Å². The summed E-state index contributed by atoms with van der Waals surface area (Å²) in [7, 11) is 0. The average Bonchev–Trinajstić information content (AvgIpc) is 3.81. The first kappa shape index (κ1) is 39.4. The molecule has 0 N–H and O–H groups in total. The molecule has 0 saturated heterocycles. The van der Waals surface area contributed by atoms with Crippen LogP contribution in [0.15, 0.2) is 265 Å². The first-order chi connectivity index (χ1) is 33.7. The molecule has 0 aliphatic heterocycles. The van der Waals surface area contributed by atoms with E-state index in [1.165, 1.54) is 71.3 Å². The van der Waals surface area contributed by atoms with Crippen LogP contribution in [0.25, 0.3) is 110 Å². The minimum atomic E-state index is 0.859. The Bertz CT molecular complexity index is 4000. The summed E-state index contributed by atoms with van der Waals surface area (Å²) in [4.78, 5) is 2.39. The summed E-state index contributed by atoms with van der Waals surface area (Å²) in [6.07, 6.45) is 0. The molecule has 13 rings (SSSR count). The normalized spacial score (nSPS) is 11.5. The third kappa shape index (κ3) is 6.82. The molecule has 2 heteroatoms. The average molecular weight is 866 g/mol. The zero-order valence-electron chi connectivity index (χ0n) is 37.2. The number of para-hydroxylation sites is 1. The Balaban J connectivity index is 0.948. The van der Waals surface area contributed by atoms with Gasteiger partial charge in [0.15, 0.2) is 0 Å². The lowest BCUT2D eigenvalue weighted by Gasteiger charge is -2.27. The van der Waals surface area contributed by atoms with E-state index in [2.05, 4.69) is 260 Å². The monoisotopic (exact) mass is 865 g/mol. The van der Waals surface area contributed by atoms with E-state index in [1.807, 2.05) is 6.07 Å². The van der Waals surface area contributed by atoms with Gasteiger partial charge in [-0.1, -0.05) is 206 Å². The molecule has 1 heterocycles. The fourth-order valence-electron chi connectivity index (χ4n) is 10.4. The zero-order chi connectivity index (χ0) is 45.0. The van der Waals surface area contributed by atoms with Crippen LogP contribution in [0.5, 0.6) is 0 Å². The first-order valence-electron chi connectivity index (χ1n) is 23.3. The van der Waals surface area contributed by atoms with Gasteiger partial charge in [-0.3, -0.25) is 0 Å². The number of rotatable bonds is 8. The summed E-state index contributed by atoms with van der Waals surface area (Å²) < 4.78 is 6.48. The highest BCUT2D eigenvalue weighted by Gasteiger charge is 2.22. The number of fused-ring (bicyclic) bond motifs is 7. The fraction of sp³-hybridized carbons (Fsp3) is 0. The van der Waals surface area contributed by atoms with Gasteiger partial charge < -0.3 is 9.32 Å². The van der Waals surface area contributed by atoms with Crippen molar-refractivity contribution in [3.63, 3.8) is 0 Å². The number of nitrogens with zero attached hydrogens (tertiary/aromatic N) is 1. The fourth-order valence-corrected chi connectivity index (χ4v) is 10.4. The van der Waals surface area contributed by atoms with Crippen LogP contribution in [0.3, 0.4) is 0 Å². The van der Waals surface area contributed by atoms with Crippen LogP contribution in [0, 0.1) is 0 Å². The Morgan fingerprint density at radius 2 is 0.750 bits per heavy atom. The van der Waals surface area contributed by atoms with E-state index >= 15 is 0 Å². The minimum absolute atomic E-state index is 0.859. The van der Waals surface area contributed by atoms with Gasteiger partial charge in [-0.25, -0.2) is 0 Å². The molecule has 318 valence electrons. The topological polar surface area (TPSA) is 16.4 Å². The number of benzene rings is 12.